The molecular weight excluding hydrogens is 324 g/mol. The van der Waals surface area contributed by atoms with Crippen molar-refractivity contribution in [2.24, 2.45) is 4.99 Å². The molecule has 0 saturated carbocycles. The monoisotopic (exact) mass is 338 g/mol. The van der Waals surface area contributed by atoms with E-state index in [4.69, 9.17) is 9.15 Å². The number of hydrogen-bond acceptors (Lipinski definition) is 6. The summed E-state index contributed by atoms with van der Waals surface area (Å²) in [6.45, 7) is 1.39. The minimum atomic E-state index is -0.497. The summed E-state index contributed by atoms with van der Waals surface area (Å²) in [6.07, 6.45) is 0. The molecule has 0 radical (unpaired) electrons. The lowest BCUT2D eigenvalue weighted by atomic mass is 10.1. The molecule has 0 fully saturated rings. The van der Waals surface area contributed by atoms with Gasteiger partial charge in [-0.3, -0.25) is 14.9 Å². The number of ether oxygens (including phenoxy) is 1. The van der Waals surface area contributed by atoms with Crippen molar-refractivity contribution in [3.8, 4) is 5.75 Å². The first kappa shape index (κ1) is 16.4. The van der Waals surface area contributed by atoms with Crippen LogP contribution in [0.1, 0.15) is 17.3 Å². The summed E-state index contributed by atoms with van der Waals surface area (Å²) in [5.74, 6) is 0.443. The maximum absolute atomic E-state index is 11.9. The number of fused-ring (bicyclic) bond motifs is 1. The van der Waals surface area contributed by atoms with E-state index >= 15 is 0 Å². The molecule has 2 aromatic carbocycles. The third kappa shape index (κ3) is 3.40. The van der Waals surface area contributed by atoms with Crippen molar-refractivity contribution in [2.45, 2.75) is 6.92 Å². The summed E-state index contributed by atoms with van der Waals surface area (Å²) >= 11 is 0. The second-order valence-corrected chi connectivity index (χ2v) is 5.31. The van der Waals surface area contributed by atoms with Crippen molar-refractivity contribution in [1.29, 1.82) is 0 Å². The third-order valence-corrected chi connectivity index (χ3v) is 3.62. The van der Waals surface area contributed by atoms with E-state index in [-0.39, 0.29) is 22.6 Å². The number of nitro benzene ring substituents is 1. The molecule has 0 bridgehead atoms. The Kier molecular flexibility index (Phi) is 4.30. The topological polar surface area (TPSA) is 94.9 Å². The first-order chi connectivity index (χ1) is 12.0. The predicted molar refractivity (Wildman–Crippen MR) is 91.1 cm³/mol. The van der Waals surface area contributed by atoms with Crippen LogP contribution in [-0.2, 0) is 0 Å². The fourth-order valence-corrected chi connectivity index (χ4v) is 2.34. The maximum atomic E-state index is 11.9. The van der Waals surface area contributed by atoms with Gasteiger partial charge in [0, 0.05) is 17.5 Å². The van der Waals surface area contributed by atoms with Crippen LogP contribution in [0, 0.1) is 10.1 Å². The summed E-state index contributed by atoms with van der Waals surface area (Å²) < 4.78 is 10.8. The quantitative estimate of drug-likeness (QED) is 0.410. The molecule has 0 aliphatic carbocycles. The molecule has 0 aliphatic rings. The van der Waals surface area contributed by atoms with Gasteiger partial charge in [-0.2, -0.15) is 0 Å². The van der Waals surface area contributed by atoms with Crippen LogP contribution in [0.4, 0.5) is 11.4 Å². The molecule has 3 aromatic rings. The second-order valence-electron chi connectivity index (χ2n) is 5.31. The molecule has 3 rings (SSSR count). The van der Waals surface area contributed by atoms with Gasteiger partial charge in [0.15, 0.2) is 5.78 Å². The summed E-state index contributed by atoms with van der Waals surface area (Å²) in [4.78, 5) is 26.7. The lowest BCUT2D eigenvalue weighted by Crippen LogP contribution is -2.13. The standard InChI is InChI=1S/C18H14N2O5/c1-11(21)16-10-12-9-14(20(22)23)5-8-17(12)25-18(16)19-13-3-6-15(24-2)7-4-13/h3-10H,1-2H3/b19-18-. The van der Waals surface area contributed by atoms with Gasteiger partial charge in [-0.05, 0) is 43.3 Å². The summed E-state index contributed by atoms with van der Waals surface area (Å²) in [5, 5.41) is 11.4. The fourth-order valence-electron chi connectivity index (χ4n) is 2.34. The minimum absolute atomic E-state index is 0.0722. The first-order valence-corrected chi connectivity index (χ1v) is 7.40. The Hall–Kier alpha value is -3.48. The van der Waals surface area contributed by atoms with Gasteiger partial charge in [0.05, 0.1) is 23.3 Å². The van der Waals surface area contributed by atoms with Crippen LogP contribution in [0.2, 0.25) is 0 Å². The number of methoxy groups -OCH3 is 1. The van der Waals surface area contributed by atoms with E-state index in [0.29, 0.717) is 22.4 Å². The highest BCUT2D eigenvalue weighted by atomic mass is 16.6. The number of nitro groups is 1. The molecule has 0 unspecified atom stereocenters. The van der Waals surface area contributed by atoms with E-state index in [1.807, 2.05) is 0 Å². The van der Waals surface area contributed by atoms with E-state index in [0.717, 1.165) is 0 Å². The lowest BCUT2D eigenvalue weighted by molar-refractivity contribution is -0.384. The molecule has 126 valence electrons. The predicted octanol–water partition coefficient (Wildman–Crippen LogP) is 3.78. The third-order valence-electron chi connectivity index (χ3n) is 3.62. The summed E-state index contributed by atoms with van der Waals surface area (Å²) in [7, 11) is 1.57. The Morgan fingerprint density at radius 3 is 2.48 bits per heavy atom. The van der Waals surface area contributed by atoms with E-state index in [1.165, 1.54) is 25.1 Å². The van der Waals surface area contributed by atoms with Crippen LogP contribution in [0.5, 0.6) is 5.75 Å². The van der Waals surface area contributed by atoms with Crippen LogP contribution in [0.15, 0.2) is 57.9 Å². The first-order valence-electron chi connectivity index (χ1n) is 7.40. The zero-order chi connectivity index (χ0) is 18.0. The molecule has 0 amide bonds. The number of rotatable bonds is 4. The normalized spacial score (nSPS) is 11.5. The molecule has 7 heteroatoms. The molecule has 0 N–H and O–H groups in total. The highest BCUT2D eigenvalue weighted by Gasteiger charge is 2.12. The van der Waals surface area contributed by atoms with Crippen molar-refractivity contribution < 1.29 is 18.9 Å². The zero-order valence-corrected chi connectivity index (χ0v) is 13.6. The number of benzene rings is 2. The van der Waals surface area contributed by atoms with Gasteiger partial charge in [-0.1, -0.05) is 0 Å². The van der Waals surface area contributed by atoms with E-state index < -0.39 is 4.92 Å². The van der Waals surface area contributed by atoms with Crippen LogP contribution < -0.4 is 10.3 Å². The maximum Gasteiger partial charge on any atom is 0.270 e. The zero-order valence-electron chi connectivity index (χ0n) is 13.6. The van der Waals surface area contributed by atoms with E-state index in [9.17, 15) is 14.9 Å². The lowest BCUT2D eigenvalue weighted by Gasteiger charge is -2.03. The average molecular weight is 338 g/mol. The van der Waals surface area contributed by atoms with Crippen molar-refractivity contribution >= 4 is 28.1 Å². The van der Waals surface area contributed by atoms with Gasteiger partial charge in [0.2, 0.25) is 5.55 Å². The Morgan fingerprint density at radius 2 is 1.88 bits per heavy atom. The number of ketones is 1. The van der Waals surface area contributed by atoms with Crippen LogP contribution in [-0.4, -0.2) is 17.8 Å². The minimum Gasteiger partial charge on any atom is -0.497 e. The average Bonchev–Trinajstić information content (AvgIpc) is 2.61. The summed E-state index contributed by atoms with van der Waals surface area (Å²) in [5.41, 5.74) is 1.33. The number of carbonyl (C=O) groups excluding carboxylic acids is 1. The summed E-state index contributed by atoms with van der Waals surface area (Å²) in [6, 6.07) is 12.7. The van der Waals surface area contributed by atoms with E-state index in [2.05, 4.69) is 4.99 Å². The molecule has 0 saturated heterocycles. The highest BCUT2D eigenvalue weighted by Crippen LogP contribution is 2.22. The van der Waals surface area contributed by atoms with Gasteiger partial charge >= 0.3 is 0 Å². The Bertz CT molecular complexity index is 1040. The Balaban J connectivity index is 2.20. The van der Waals surface area contributed by atoms with Crippen molar-refractivity contribution in [3.63, 3.8) is 0 Å². The van der Waals surface area contributed by atoms with E-state index in [1.54, 1.807) is 37.4 Å². The molecule has 0 spiro atoms. The number of hydrogen-bond donors (Lipinski definition) is 0. The smallest absolute Gasteiger partial charge is 0.270 e. The van der Waals surface area contributed by atoms with Gasteiger partial charge < -0.3 is 9.15 Å². The van der Waals surface area contributed by atoms with Crippen molar-refractivity contribution in [3.05, 3.63) is 69.8 Å². The Morgan fingerprint density at radius 1 is 1.16 bits per heavy atom. The largest absolute Gasteiger partial charge is 0.497 e. The molecule has 25 heavy (non-hydrogen) atoms. The molecule has 7 nitrogen and oxygen atoms in total. The van der Waals surface area contributed by atoms with Gasteiger partial charge in [0.25, 0.3) is 5.69 Å². The van der Waals surface area contributed by atoms with Crippen LogP contribution in [0.3, 0.4) is 0 Å². The number of carbonyl (C=O) groups is 1. The number of nitrogens with zero attached hydrogens (tertiary/aromatic N) is 2. The molecular formula is C18H14N2O5. The highest BCUT2D eigenvalue weighted by molar-refractivity contribution is 5.96. The molecule has 1 aromatic heterocycles. The SMILES string of the molecule is COc1ccc(/N=c2\oc3ccc([N+](=O)[O-])cc3cc2C(C)=O)cc1. The van der Waals surface area contributed by atoms with Crippen molar-refractivity contribution in [1.82, 2.24) is 0 Å². The van der Waals surface area contributed by atoms with Crippen LogP contribution in [0.25, 0.3) is 11.0 Å². The van der Waals surface area contributed by atoms with Crippen molar-refractivity contribution in [2.75, 3.05) is 7.11 Å². The number of non-ortho nitro benzene ring substituents is 1. The van der Waals surface area contributed by atoms with Gasteiger partial charge in [-0.15, -0.1) is 0 Å². The molecule has 0 atom stereocenters. The van der Waals surface area contributed by atoms with Crippen LogP contribution >= 0.6 is 0 Å². The number of Topliss-reactive ketones (excluding diaryl/α,β-unsaturated/α-hetero) is 1. The van der Waals surface area contributed by atoms with Gasteiger partial charge in [-0.25, -0.2) is 4.99 Å². The molecule has 1 heterocycles. The van der Waals surface area contributed by atoms with Gasteiger partial charge in [0.1, 0.15) is 11.3 Å². The fraction of sp³-hybridized carbons (Fsp3) is 0.111. The Labute approximate surface area is 142 Å². The second kappa shape index (κ2) is 6.56. The molecule has 0 aliphatic heterocycles.